The summed E-state index contributed by atoms with van der Waals surface area (Å²) in [7, 11) is 3.11. The highest BCUT2D eigenvalue weighted by atomic mass is 16.5. The second-order valence-corrected chi connectivity index (χ2v) is 7.39. The van der Waals surface area contributed by atoms with Gasteiger partial charge in [0, 0.05) is 50.0 Å². The second kappa shape index (κ2) is 8.14. The van der Waals surface area contributed by atoms with Crippen LogP contribution in [0.15, 0.2) is 24.3 Å². The zero-order chi connectivity index (χ0) is 20.4. The Labute approximate surface area is 170 Å². The summed E-state index contributed by atoms with van der Waals surface area (Å²) in [5.41, 5.74) is 2.17. The summed E-state index contributed by atoms with van der Waals surface area (Å²) in [4.78, 5) is 29.3. The van der Waals surface area contributed by atoms with Gasteiger partial charge in [0.1, 0.15) is 11.5 Å². The number of carbonyl (C=O) groups is 2. The van der Waals surface area contributed by atoms with Crippen LogP contribution in [-0.4, -0.2) is 71.8 Å². The third-order valence-electron chi connectivity index (χ3n) is 5.59. The summed E-state index contributed by atoms with van der Waals surface area (Å²) >= 11 is 0. The molecule has 0 aliphatic carbocycles. The number of benzene rings is 1. The number of hydrogen-bond donors (Lipinski definition) is 0. The number of aryl methyl sites for hydroxylation is 2. The van der Waals surface area contributed by atoms with E-state index >= 15 is 0 Å². The van der Waals surface area contributed by atoms with Gasteiger partial charge in [-0.15, -0.1) is 0 Å². The number of aromatic nitrogens is 2. The highest BCUT2D eigenvalue weighted by molar-refractivity contribution is 5.96. The van der Waals surface area contributed by atoms with Crippen LogP contribution >= 0.6 is 0 Å². The highest BCUT2D eigenvalue weighted by Crippen LogP contribution is 2.24. The Kier molecular flexibility index (Phi) is 5.42. The van der Waals surface area contributed by atoms with E-state index in [0.29, 0.717) is 48.9 Å². The van der Waals surface area contributed by atoms with Crippen molar-refractivity contribution in [3.05, 3.63) is 41.2 Å². The van der Waals surface area contributed by atoms with E-state index in [4.69, 9.17) is 9.47 Å². The van der Waals surface area contributed by atoms with Crippen molar-refractivity contribution in [2.45, 2.75) is 25.8 Å². The van der Waals surface area contributed by atoms with Gasteiger partial charge < -0.3 is 19.3 Å². The van der Waals surface area contributed by atoms with Gasteiger partial charge in [-0.1, -0.05) is 0 Å². The lowest BCUT2D eigenvalue weighted by Gasteiger charge is -2.34. The van der Waals surface area contributed by atoms with Crippen molar-refractivity contribution in [3.8, 4) is 11.5 Å². The van der Waals surface area contributed by atoms with Crippen molar-refractivity contribution in [1.29, 1.82) is 0 Å². The minimum atomic E-state index is -0.0910. The number of methoxy groups -OCH3 is 2. The summed E-state index contributed by atoms with van der Waals surface area (Å²) < 4.78 is 12.5. The minimum Gasteiger partial charge on any atom is -0.497 e. The topological polar surface area (TPSA) is 76.9 Å². The Hall–Kier alpha value is -3.03. The number of carbonyl (C=O) groups excluding carboxylic acids is 2. The zero-order valence-corrected chi connectivity index (χ0v) is 16.9. The van der Waals surface area contributed by atoms with Crippen molar-refractivity contribution in [2.24, 2.45) is 0 Å². The van der Waals surface area contributed by atoms with Gasteiger partial charge >= 0.3 is 0 Å². The van der Waals surface area contributed by atoms with Gasteiger partial charge in [0.2, 0.25) is 0 Å². The molecule has 2 aliphatic heterocycles. The third-order valence-corrected chi connectivity index (χ3v) is 5.59. The molecule has 1 saturated heterocycles. The average Bonchev–Trinajstić information content (AvgIpc) is 3.22. The molecule has 1 aromatic heterocycles. The maximum atomic E-state index is 12.9. The fraction of sp³-hybridized carbons (Fsp3) is 0.476. The van der Waals surface area contributed by atoms with Gasteiger partial charge in [0.15, 0.2) is 5.69 Å². The van der Waals surface area contributed by atoms with Crippen LogP contribution in [0.1, 0.15) is 39.4 Å². The molecule has 154 valence electrons. The largest absolute Gasteiger partial charge is 0.497 e. The lowest BCUT2D eigenvalue weighted by Crippen LogP contribution is -2.50. The van der Waals surface area contributed by atoms with Crippen molar-refractivity contribution in [1.82, 2.24) is 19.6 Å². The van der Waals surface area contributed by atoms with Crippen LogP contribution in [-0.2, 0) is 13.0 Å². The van der Waals surface area contributed by atoms with E-state index in [1.165, 1.54) is 0 Å². The Morgan fingerprint density at radius 3 is 2.03 bits per heavy atom. The van der Waals surface area contributed by atoms with E-state index < -0.39 is 0 Å². The van der Waals surface area contributed by atoms with Gasteiger partial charge in [-0.25, -0.2) is 0 Å². The van der Waals surface area contributed by atoms with Gasteiger partial charge in [-0.3, -0.25) is 14.3 Å². The van der Waals surface area contributed by atoms with Crippen LogP contribution in [0.2, 0.25) is 0 Å². The van der Waals surface area contributed by atoms with Crippen LogP contribution in [0.3, 0.4) is 0 Å². The van der Waals surface area contributed by atoms with Crippen molar-refractivity contribution in [2.75, 3.05) is 40.4 Å². The van der Waals surface area contributed by atoms with Gasteiger partial charge in [-0.05, 0) is 37.5 Å². The molecule has 0 saturated carbocycles. The molecule has 8 heteroatoms. The lowest BCUT2D eigenvalue weighted by atomic mass is 10.1. The molecule has 4 rings (SSSR count). The van der Waals surface area contributed by atoms with E-state index in [-0.39, 0.29) is 11.8 Å². The molecule has 0 atom stereocenters. The van der Waals surface area contributed by atoms with E-state index in [2.05, 4.69) is 5.10 Å². The van der Waals surface area contributed by atoms with Crippen LogP contribution in [0.4, 0.5) is 0 Å². The molecule has 1 aromatic carbocycles. The summed E-state index contributed by atoms with van der Waals surface area (Å²) in [5, 5.41) is 4.48. The summed E-state index contributed by atoms with van der Waals surface area (Å²) in [5.74, 6) is 1.00. The lowest BCUT2D eigenvalue weighted by molar-refractivity contribution is 0.0531. The first-order valence-corrected chi connectivity index (χ1v) is 9.97. The molecular formula is C21H26N4O4. The molecular weight excluding hydrogens is 372 g/mol. The first-order valence-electron chi connectivity index (χ1n) is 9.97. The Morgan fingerprint density at radius 2 is 1.45 bits per heavy atom. The van der Waals surface area contributed by atoms with Crippen LogP contribution in [0.5, 0.6) is 11.5 Å². The fourth-order valence-corrected chi connectivity index (χ4v) is 3.91. The third kappa shape index (κ3) is 3.92. The van der Waals surface area contributed by atoms with Crippen molar-refractivity contribution >= 4 is 11.8 Å². The number of fused-ring (bicyclic) bond motifs is 1. The van der Waals surface area contributed by atoms with Crippen molar-refractivity contribution < 1.29 is 19.1 Å². The standard InChI is InChI=1S/C21H26N4O4/c1-28-17-11-15(12-18(14-17)29-2)20(26)23-7-9-24(10-8-23)21(27)19-13-16-5-3-4-6-25(16)22-19/h11-14H,3-10H2,1-2H3. The number of rotatable bonds is 4. The van der Waals surface area contributed by atoms with Gasteiger partial charge in [0.25, 0.3) is 11.8 Å². The summed E-state index contributed by atoms with van der Waals surface area (Å²) in [6, 6.07) is 7.06. The quantitative estimate of drug-likeness (QED) is 0.785. The molecule has 0 radical (unpaired) electrons. The highest BCUT2D eigenvalue weighted by Gasteiger charge is 2.28. The molecule has 1 fully saturated rings. The number of piperazine rings is 1. The SMILES string of the molecule is COc1cc(OC)cc(C(=O)N2CCN(C(=O)c3cc4n(n3)CCCC4)CC2)c1. The number of ether oxygens (including phenoxy) is 2. The van der Waals surface area contributed by atoms with E-state index in [0.717, 1.165) is 31.5 Å². The maximum absolute atomic E-state index is 12.9. The molecule has 0 N–H and O–H groups in total. The molecule has 29 heavy (non-hydrogen) atoms. The number of nitrogens with zero attached hydrogens (tertiary/aromatic N) is 4. The Morgan fingerprint density at radius 1 is 0.828 bits per heavy atom. The Bertz CT molecular complexity index is 870. The molecule has 0 spiro atoms. The van der Waals surface area contributed by atoms with Gasteiger partial charge in [-0.2, -0.15) is 5.10 Å². The molecule has 2 aliphatic rings. The monoisotopic (exact) mass is 398 g/mol. The normalized spacial score (nSPS) is 16.3. The first-order chi connectivity index (χ1) is 14.1. The number of hydrogen-bond acceptors (Lipinski definition) is 5. The van der Waals surface area contributed by atoms with Crippen molar-refractivity contribution in [3.63, 3.8) is 0 Å². The van der Waals surface area contributed by atoms with Crippen LogP contribution in [0.25, 0.3) is 0 Å². The van der Waals surface area contributed by atoms with Crippen LogP contribution < -0.4 is 9.47 Å². The van der Waals surface area contributed by atoms with Gasteiger partial charge in [0.05, 0.1) is 14.2 Å². The zero-order valence-electron chi connectivity index (χ0n) is 16.9. The predicted molar refractivity (Wildman–Crippen MR) is 107 cm³/mol. The van der Waals surface area contributed by atoms with E-state index in [9.17, 15) is 9.59 Å². The average molecular weight is 398 g/mol. The number of amides is 2. The molecule has 2 amide bonds. The van der Waals surface area contributed by atoms with E-state index in [1.807, 2.05) is 10.7 Å². The molecule has 0 bridgehead atoms. The summed E-state index contributed by atoms with van der Waals surface area (Å²) in [6.07, 6.45) is 3.24. The molecule has 8 nitrogen and oxygen atoms in total. The minimum absolute atomic E-state index is 0.0537. The second-order valence-electron chi connectivity index (χ2n) is 7.39. The first kappa shape index (κ1) is 19.3. The molecule has 3 heterocycles. The maximum Gasteiger partial charge on any atom is 0.274 e. The molecule has 2 aromatic rings. The summed E-state index contributed by atoms with van der Waals surface area (Å²) in [6.45, 7) is 2.84. The van der Waals surface area contributed by atoms with Crippen LogP contribution in [0, 0.1) is 0 Å². The van der Waals surface area contributed by atoms with E-state index in [1.54, 1.807) is 42.2 Å². The predicted octanol–water partition coefficient (Wildman–Crippen LogP) is 1.83. The molecule has 0 unspecified atom stereocenters. The Balaban J connectivity index is 1.41. The fourth-order valence-electron chi connectivity index (χ4n) is 3.91. The smallest absolute Gasteiger partial charge is 0.274 e.